The zero-order valence-electron chi connectivity index (χ0n) is 9.40. The molecule has 3 nitrogen and oxygen atoms in total. The zero-order chi connectivity index (χ0) is 12.0. The minimum Gasteiger partial charge on any atom is -0.398 e. The molecule has 1 atom stereocenters. The smallest absolute Gasteiger partial charge is 0.0621 e. The van der Waals surface area contributed by atoms with Crippen LogP contribution in [-0.2, 0) is 10.8 Å². The molecule has 0 aromatic heterocycles. The van der Waals surface area contributed by atoms with E-state index >= 15 is 0 Å². The molecule has 0 aliphatic heterocycles. The molecule has 2 N–H and O–H groups in total. The molecule has 0 amide bonds. The minimum absolute atomic E-state index is 0.535. The first-order chi connectivity index (χ1) is 7.66. The summed E-state index contributed by atoms with van der Waals surface area (Å²) in [6.45, 7) is 1.89. The van der Waals surface area contributed by atoms with Crippen molar-refractivity contribution in [1.82, 2.24) is 0 Å². The Bertz CT molecular complexity index is 424. The van der Waals surface area contributed by atoms with Crippen LogP contribution in [0.2, 0.25) is 0 Å². The molecule has 0 bridgehead atoms. The number of unbranched alkanes of at least 4 members (excludes halogenated alkanes) is 2. The Morgan fingerprint density at radius 2 is 2.19 bits per heavy atom. The highest BCUT2D eigenvalue weighted by Gasteiger charge is 2.08. The molecule has 0 saturated carbocycles. The van der Waals surface area contributed by atoms with E-state index in [0.29, 0.717) is 17.9 Å². The summed E-state index contributed by atoms with van der Waals surface area (Å²) in [7, 11) is -0.998. The van der Waals surface area contributed by atoms with Gasteiger partial charge in [-0.2, -0.15) is 5.26 Å². The van der Waals surface area contributed by atoms with Crippen molar-refractivity contribution in [1.29, 1.82) is 5.26 Å². The Kier molecular flexibility index (Phi) is 5.00. The van der Waals surface area contributed by atoms with E-state index in [1.54, 1.807) is 0 Å². The van der Waals surface area contributed by atoms with Crippen molar-refractivity contribution >= 4 is 16.5 Å². The Labute approximate surface area is 98.7 Å². The summed E-state index contributed by atoms with van der Waals surface area (Å²) in [6.07, 6.45) is 2.16. The van der Waals surface area contributed by atoms with Crippen molar-refractivity contribution < 1.29 is 4.21 Å². The standard InChI is InChI=1S/C12H16N2OS/c1-10-11(14)6-5-7-12(10)16(15)9-4-2-3-8-13/h5-7H,2-4,9,14H2,1H3. The molecule has 1 aromatic carbocycles. The van der Waals surface area contributed by atoms with Gasteiger partial charge in [-0.3, -0.25) is 4.21 Å². The second-order valence-electron chi connectivity index (χ2n) is 3.64. The summed E-state index contributed by atoms with van der Waals surface area (Å²) in [5, 5.41) is 8.39. The molecule has 0 heterocycles. The summed E-state index contributed by atoms with van der Waals surface area (Å²) in [5.41, 5.74) is 7.34. The van der Waals surface area contributed by atoms with Crippen LogP contribution >= 0.6 is 0 Å². The number of nitrogens with two attached hydrogens (primary N) is 1. The van der Waals surface area contributed by atoms with Crippen LogP contribution in [0.5, 0.6) is 0 Å². The molecule has 0 radical (unpaired) electrons. The van der Waals surface area contributed by atoms with Crippen LogP contribution in [0.1, 0.15) is 24.8 Å². The molecule has 0 spiro atoms. The number of rotatable bonds is 5. The van der Waals surface area contributed by atoms with Gasteiger partial charge in [0.25, 0.3) is 0 Å². The molecule has 0 aliphatic rings. The zero-order valence-corrected chi connectivity index (χ0v) is 10.2. The Morgan fingerprint density at radius 3 is 2.88 bits per heavy atom. The molecule has 1 unspecified atom stereocenters. The fourth-order valence-electron chi connectivity index (χ4n) is 1.43. The van der Waals surface area contributed by atoms with Crippen LogP contribution < -0.4 is 5.73 Å². The van der Waals surface area contributed by atoms with E-state index in [4.69, 9.17) is 11.0 Å². The second-order valence-corrected chi connectivity index (χ2v) is 5.17. The quantitative estimate of drug-likeness (QED) is 0.630. The van der Waals surface area contributed by atoms with Crippen molar-refractivity contribution in [3.05, 3.63) is 23.8 Å². The van der Waals surface area contributed by atoms with Crippen molar-refractivity contribution in [2.45, 2.75) is 31.1 Å². The van der Waals surface area contributed by atoms with Crippen LogP contribution in [0.15, 0.2) is 23.1 Å². The third kappa shape index (κ3) is 3.35. The molecular weight excluding hydrogens is 220 g/mol. The summed E-state index contributed by atoms with van der Waals surface area (Å²) >= 11 is 0. The number of hydrogen-bond donors (Lipinski definition) is 1. The topological polar surface area (TPSA) is 66.9 Å². The van der Waals surface area contributed by atoms with Crippen LogP contribution in [0, 0.1) is 18.3 Å². The SMILES string of the molecule is Cc1c(N)cccc1S(=O)CCCCC#N. The Balaban J connectivity index is 2.60. The number of nitrogens with zero attached hydrogens (tertiary/aromatic N) is 1. The first-order valence-electron chi connectivity index (χ1n) is 5.27. The molecule has 0 aliphatic carbocycles. The molecule has 0 fully saturated rings. The molecular formula is C12H16N2OS. The number of nitrogen functional groups attached to an aromatic ring is 1. The number of hydrogen-bond acceptors (Lipinski definition) is 3. The number of anilines is 1. The lowest BCUT2D eigenvalue weighted by Crippen LogP contribution is -2.02. The molecule has 1 rings (SSSR count). The number of nitriles is 1. The molecule has 0 saturated heterocycles. The molecule has 1 aromatic rings. The molecule has 4 heteroatoms. The van der Waals surface area contributed by atoms with E-state index in [9.17, 15) is 4.21 Å². The average molecular weight is 236 g/mol. The predicted molar refractivity (Wildman–Crippen MR) is 66.3 cm³/mol. The Hall–Kier alpha value is -1.34. The van der Waals surface area contributed by atoms with Crippen molar-refractivity contribution in [3.63, 3.8) is 0 Å². The molecule has 16 heavy (non-hydrogen) atoms. The third-order valence-corrected chi connectivity index (χ3v) is 4.03. The van der Waals surface area contributed by atoms with Gasteiger partial charge < -0.3 is 5.73 Å². The van der Waals surface area contributed by atoms with Crippen LogP contribution in [0.25, 0.3) is 0 Å². The van der Waals surface area contributed by atoms with Gasteiger partial charge in [-0.05, 0) is 37.5 Å². The van der Waals surface area contributed by atoms with Crippen LogP contribution in [0.4, 0.5) is 5.69 Å². The van der Waals surface area contributed by atoms with Gasteiger partial charge in [0.1, 0.15) is 0 Å². The lowest BCUT2D eigenvalue weighted by atomic mass is 10.2. The lowest BCUT2D eigenvalue weighted by molar-refractivity contribution is 0.678. The highest BCUT2D eigenvalue weighted by molar-refractivity contribution is 7.85. The van der Waals surface area contributed by atoms with E-state index < -0.39 is 10.8 Å². The third-order valence-electron chi connectivity index (χ3n) is 2.44. The highest BCUT2D eigenvalue weighted by Crippen LogP contribution is 2.19. The fourth-order valence-corrected chi connectivity index (χ4v) is 2.80. The minimum atomic E-state index is -0.998. The second kappa shape index (κ2) is 6.29. The van der Waals surface area contributed by atoms with E-state index in [1.807, 2.05) is 25.1 Å². The van der Waals surface area contributed by atoms with Gasteiger partial charge in [0, 0.05) is 22.8 Å². The van der Waals surface area contributed by atoms with Crippen LogP contribution in [-0.4, -0.2) is 9.96 Å². The van der Waals surface area contributed by atoms with E-state index in [2.05, 4.69) is 6.07 Å². The lowest BCUT2D eigenvalue weighted by Gasteiger charge is -2.07. The summed E-state index contributed by atoms with van der Waals surface area (Å²) < 4.78 is 12.0. The summed E-state index contributed by atoms with van der Waals surface area (Å²) in [5.74, 6) is 0.603. The van der Waals surface area contributed by atoms with Gasteiger partial charge in [-0.15, -0.1) is 0 Å². The van der Waals surface area contributed by atoms with Gasteiger partial charge in [0.2, 0.25) is 0 Å². The largest absolute Gasteiger partial charge is 0.398 e. The van der Waals surface area contributed by atoms with Crippen molar-refractivity contribution in [2.75, 3.05) is 11.5 Å². The van der Waals surface area contributed by atoms with E-state index in [0.717, 1.165) is 23.3 Å². The van der Waals surface area contributed by atoms with Crippen molar-refractivity contribution in [2.24, 2.45) is 0 Å². The highest BCUT2D eigenvalue weighted by atomic mass is 32.2. The van der Waals surface area contributed by atoms with Gasteiger partial charge >= 0.3 is 0 Å². The average Bonchev–Trinajstić information content (AvgIpc) is 2.28. The molecule has 86 valence electrons. The maximum Gasteiger partial charge on any atom is 0.0621 e. The van der Waals surface area contributed by atoms with Gasteiger partial charge in [-0.25, -0.2) is 0 Å². The first-order valence-corrected chi connectivity index (χ1v) is 6.59. The van der Waals surface area contributed by atoms with E-state index in [-0.39, 0.29) is 0 Å². The maximum atomic E-state index is 12.0. The Morgan fingerprint density at radius 1 is 1.44 bits per heavy atom. The van der Waals surface area contributed by atoms with E-state index in [1.165, 1.54) is 0 Å². The normalized spacial score (nSPS) is 12.0. The van der Waals surface area contributed by atoms with Gasteiger partial charge in [0.15, 0.2) is 0 Å². The predicted octanol–water partition coefficient (Wildman–Crippen LogP) is 2.38. The monoisotopic (exact) mass is 236 g/mol. The maximum absolute atomic E-state index is 12.0. The van der Waals surface area contributed by atoms with Crippen molar-refractivity contribution in [3.8, 4) is 6.07 Å². The van der Waals surface area contributed by atoms with Gasteiger partial charge in [-0.1, -0.05) is 6.07 Å². The van der Waals surface area contributed by atoms with Gasteiger partial charge in [0.05, 0.1) is 16.9 Å². The summed E-state index contributed by atoms with van der Waals surface area (Å²) in [6, 6.07) is 7.57. The summed E-state index contributed by atoms with van der Waals surface area (Å²) in [4.78, 5) is 0.817. The first kappa shape index (κ1) is 12.7. The fraction of sp³-hybridized carbons (Fsp3) is 0.417. The van der Waals surface area contributed by atoms with Crippen LogP contribution in [0.3, 0.4) is 0 Å². The number of benzene rings is 1.